The van der Waals surface area contributed by atoms with Crippen LogP contribution in [0.25, 0.3) is 0 Å². The van der Waals surface area contributed by atoms with Crippen molar-refractivity contribution in [2.75, 3.05) is 37.6 Å². The molecule has 4 rings (SSSR count). The molecule has 3 aliphatic heterocycles. The fraction of sp³-hybridized carbons (Fsp3) is 0.667. The van der Waals surface area contributed by atoms with Gasteiger partial charge in [-0.3, -0.25) is 0 Å². The molecule has 27 heavy (non-hydrogen) atoms. The van der Waals surface area contributed by atoms with E-state index in [2.05, 4.69) is 10.2 Å². The molecule has 9 heteroatoms. The van der Waals surface area contributed by atoms with Gasteiger partial charge >= 0.3 is 0 Å². The maximum Gasteiger partial charge on any atom is 0.250 e. The van der Waals surface area contributed by atoms with E-state index in [1.165, 1.54) is 9.87 Å². The topological polar surface area (TPSA) is 52.7 Å². The predicted molar refractivity (Wildman–Crippen MR) is 104 cm³/mol. The van der Waals surface area contributed by atoms with E-state index in [0.717, 1.165) is 44.6 Å². The molecule has 2 fully saturated rings. The van der Waals surface area contributed by atoms with Gasteiger partial charge in [-0.15, -0.1) is 12.4 Å². The van der Waals surface area contributed by atoms with Gasteiger partial charge in [0.2, 0.25) is 10.0 Å². The van der Waals surface area contributed by atoms with Crippen LogP contribution in [0.4, 0.5) is 14.5 Å². The van der Waals surface area contributed by atoms with E-state index in [9.17, 15) is 17.2 Å². The minimum atomic E-state index is -3.73. The van der Waals surface area contributed by atoms with Crippen molar-refractivity contribution in [2.45, 2.75) is 49.0 Å². The normalized spacial score (nSPS) is 23.7. The Morgan fingerprint density at radius 2 is 1.74 bits per heavy atom. The minimum absolute atomic E-state index is 0. The maximum atomic E-state index is 13.4. The lowest BCUT2D eigenvalue weighted by Crippen LogP contribution is -2.43. The second kappa shape index (κ2) is 7.81. The lowest BCUT2D eigenvalue weighted by molar-refractivity contribution is -0.0412. The van der Waals surface area contributed by atoms with E-state index >= 15 is 0 Å². The number of hydrogen-bond donors (Lipinski definition) is 1. The standard InChI is InChI=1S/C18H25F2N3O2S.ClH/c19-18(20)6-11-22(12-7-18)26(24,25)16-2-1-14-5-10-23(17(14)13-16)15-3-8-21-9-4-15;/h1-2,13,15,21H,3-12H2;1H. The molecule has 0 atom stereocenters. The highest BCUT2D eigenvalue weighted by Crippen LogP contribution is 2.36. The van der Waals surface area contributed by atoms with E-state index in [1.807, 2.05) is 6.07 Å². The van der Waals surface area contributed by atoms with Gasteiger partial charge in [-0.25, -0.2) is 17.2 Å². The third-order valence-corrected chi connectivity index (χ3v) is 7.72. The zero-order valence-corrected chi connectivity index (χ0v) is 16.8. The van der Waals surface area contributed by atoms with Crippen LogP contribution in [0.2, 0.25) is 0 Å². The SMILES string of the molecule is Cl.O=S(=O)(c1ccc2c(c1)N(C1CCNCC1)CC2)N1CCC(F)(F)CC1. The summed E-state index contributed by atoms with van der Waals surface area (Å²) in [6.07, 6.45) is 2.22. The number of anilines is 1. The number of fused-ring (bicyclic) bond motifs is 1. The molecule has 1 aromatic rings. The highest BCUT2D eigenvalue weighted by Gasteiger charge is 2.39. The predicted octanol–water partition coefficient (Wildman–Crippen LogP) is 2.64. The fourth-order valence-corrected chi connectivity index (χ4v) is 5.71. The second-order valence-electron chi connectivity index (χ2n) is 7.48. The van der Waals surface area contributed by atoms with Crippen LogP contribution >= 0.6 is 12.4 Å². The number of piperidine rings is 2. The molecule has 0 aliphatic carbocycles. The molecule has 0 radical (unpaired) electrons. The van der Waals surface area contributed by atoms with E-state index in [-0.39, 0.29) is 30.4 Å². The number of hydrogen-bond acceptors (Lipinski definition) is 4. The largest absolute Gasteiger partial charge is 0.368 e. The van der Waals surface area contributed by atoms with E-state index in [0.29, 0.717) is 6.04 Å². The van der Waals surface area contributed by atoms with E-state index < -0.39 is 28.8 Å². The summed E-state index contributed by atoms with van der Waals surface area (Å²) in [4.78, 5) is 2.56. The summed E-state index contributed by atoms with van der Waals surface area (Å²) in [5, 5.41) is 3.36. The van der Waals surface area contributed by atoms with Gasteiger partial charge in [0, 0.05) is 44.2 Å². The summed E-state index contributed by atoms with van der Waals surface area (Å²) in [6.45, 7) is 2.64. The molecular weight excluding hydrogens is 396 g/mol. The molecular formula is C18H26ClF2N3O2S. The molecule has 0 unspecified atom stereocenters. The summed E-state index contributed by atoms with van der Waals surface area (Å²) in [6, 6.07) is 5.71. The molecule has 1 aromatic carbocycles. The van der Waals surface area contributed by atoms with Crippen LogP contribution in [0.5, 0.6) is 0 Å². The minimum Gasteiger partial charge on any atom is -0.368 e. The smallest absolute Gasteiger partial charge is 0.250 e. The second-order valence-corrected chi connectivity index (χ2v) is 9.41. The van der Waals surface area contributed by atoms with Crippen molar-refractivity contribution in [2.24, 2.45) is 0 Å². The number of benzene rings is 1. The third kappa shape index (κ3) is 4.09. The quantitative estimate of drug-likeness (QED) is 0.815. The number of alkyl halides is 2. The van der Waals surface area contributed by atoms with Crippen LogP contribution in [0, 0.1) is 0 Å². The number of nitrogens with zero attached hydrogens (tertiary/aromatic N) is 2. The van der Waals surface area contributed by atoms with Gasteiger partial charge in [-0.1, -0.05) is 6.07 Å². The van der Waals surface area contributed by atoms with Crippen molar-refractivity contribution >= 4 is 28.1 Å². The van der Waals surface area contributed by atoms with Gasteiger partial charge in [0.15, 0.2) is 0 Å². The van der Waals surface area contributed by atoms with Gasteiger partial charge in [-0.2, -0.15) is 4.31 Å². The van der Waals surface area contributed by atoms with Crippen molar-refractivity contribution in [1.29, 1.82) is 0 Å². The molecule has 0 aromatic heterocycles. The van der Waals surface area contributed by atoms with Gasteiger partial charge in [0.25, 0.3) is 5.92 Å². The molecule has 1 N–H and O–H groups in total. The van der Waals surface area contributed by atoms with Crippen molar-refractivity contribution in [3.8, 4) is 0 Å². The highest BCUT2D eigenvalue weighted by atomic mass is 35.5. The zero-order valence-electron chi connectivity index (χ0n) is 15.2. The summed E-state index contributed by atoms with van der Waals surface area (Å²) in [5.41, 5.74) is 2.17. The number of halogens is 3. The highest BCUT2D eigenvalue weighted by molar-refractivity contribution is 7.89. The maximum absolute atomic E-state index is 13.4. The lowest BCUT2D eigenvalue weighted by Gasteiger charge is -2.34. The van der Waals surface area contributed by atoms with Gasteiger partial charge in [0.05, 0.1) is 4.90 Å². The molecule has 0 bridgehead atoms. The third-order valence-electron chi connectivity index (χ3n) is 5.83. The first-order chi connectivity index (χ1) is 12.4. The molecule has 3 heterocycles. The summed E-state index contributed by atoms with van der Waals surface area (Å²) < 4.78 is 53.8. The first-order valence-electron chi connectivity index (χ1n) is 9.35. The van der Waals surface area contributed by atoms with E-state index in [1.54, 1.807) is 12.1 Å². The first-order valence-corrected chi connectivity index (χ1v) is 10.8. The van der Waals surface area contributed by atoms with Crippen LogP contribution in [-0.4, -0.2) is 57.4 Å². The number of rotatable bonds is 3. The fourth-order valence-electron chi connectivity index (χ4n) is 4.24. The van der Waals surface area contributed by atoms with Crippen LogP contribution in [-0.2, 0) is 16.4 Å². The zero-order chi connectivity index (χ0) is 18.4. The van der Waals surface area contributed by atoms with Crippen molar-refractivity contribution < 1.29 is 17.2 Å². The molecule has 3 aliphatic rings. The summed E-state index contributed by atoms with van der Waals surface area (Å²) >= 11 is 0. The van der Waals surface area contributed by atoms with Crippen molar-refractivity contribution in [3.63, 3.8) is 0 Å². The molecule has 0 amide bonds. The van der Waals surface area contributed by atoms with Gasteiger partial charge in [0.1, 0.15) is 0 Å². The monoisotopic (exact) mass is 421 g/mol. The molecule has 0 saturated carbocycles. The number of nitrogens with one attached hydrogen (secondary N) is 1. The Morgan fingerprint density at radius 3 is 2.41 bits per heavy atom. The Kier molecular flexibility index (Phi) is 6.01. The Morgan fingerprint density at radius 1 is 1.07 bits per heavy atom. The molecule has 2 saturated heterocycles. The average Bonchev–Trinajstić information content (AvgIpc) is 3.05. The van der Waals surface area contributed by atoms with Crippen LogP contribution in [0.3, 0.4) is 0 Å². The van der Waals surface area contributed by atoms with Gasteiger partial charge < -0.3 is 10.2 Å². The lowest BCUT2D eigenvalue weighted by atomic mass is 10.0. The van der Waals surface area contributed by atoms with E-state index in [4.69, 9.17) is 0 Å². The van der Waals surface area contributed by atoms with Crippen LogP contribution < -0.4 is 10.2 Å². The Bertz CT molecular complexity index is 775. The molecule has 0 spiro atoms. The summed E-state index contributed by atoms with van der Waals surface area (Å²) in [7, 11) is -3.73. The Balaban J connectivity index is 0.00000210. The van der Waals surface area contributed by atoms with Crippen molar-refractivity contribution in [1.82, 2.24) is 9.62 Å². The Labute approximate surface area is 165 Å². The summed E-state index contributed by atoms with van der Waals surface area (Å²) in [5.74, 6) is -2.75. The van der Waals surface area contributed by atoms with Crippen LogP contribution in [0.15, 0.2) is 23.1 Å². The van der Waals surface area contributed by atoms with Crippen molar-refractivity contribution in [3.05, 3.63) is 23.8 Å². The van der Waals surface area contributed by atoms with Crippen LogP contribution in [0.1, 0.15) is 31.2 Å². The molecule has 5 nitrogen and oxygen atoms in total. The average molecular weight is 422 g/mol. The first kappa shape index (κ1) is 20.8. The number of sulfonamides is 1. The molecule has 152 valence electrons. The van der Waals surface area contributed by atoms with Gasteiger partial charge in [-0.05, 0) is 50.0 Å². The Hall–Kier alpha value is -0.960.